The minimum absolute atomic E-state index is 0.0571. The number of nitrogens with one attached hydrogen (secondary N) is 1. The Hall–Kier alpha value is -1.83. The van der Waals surface area contributed by atoms with Crippen molar-refractivity contribution in [2.45, 2.75) is 45.3 Å². The Bertz CT molecular complexity index is 694. The Balaban J connectivity index is 2.44. The fourth-order valence-corrected chi connectivity index (χ4v) is 3.14. The Labute approximate surface area is 151 Å². The molecule has 5 nitrogen and oxygen atoms in total. The summed E-state index contributed by atoms with van der Waals surface area (Å²) in [5.74, 6) is -0.273. The number of alkyl halides is 3. The number of nitrogens with zero attached hydrogens (tertiary/aromatic N) is 2. The zero-order chi connectivity index (χ0) is 19.5. The topological polar surface area (TPSA) is 54.3 Å². The van der Waals surface area contributed by atoms with Crippen molar-refractivity contribution in [3.63, 3.8) is 0 Å². The number of pyridine rings is 1. The van der Waals surface area contributed by atoms with E-state index in [0.29, 0.717) is 19.0 Å². The number of carbonyl (C=O) groups is 1. The Kier molecular flexibility index (Phi) is 6.49. The van der Waals surface area contributed by atoms with Crippen LogP contribution in [0.4, 0.5) is 13.2 Å². The van der Waals surface area contributed by atoms with Gasteiger partial charge in [0.05, 0.1) is 5.56 Å². The summed E-state index contributed by atoms with van der Waals surface area (Å²) in [5, 5.41) is 2.50. The summed E-state index contributed by atoms with van der Waals surface area (Å²) in [6.07, 6.45) is -1.75. The van der Waals surface area contributed by atoms with E-state index in [4.69, 9.17) is 0 Å². The van der Waals surface area contributed by atoms with Gasteiger partial charge in [-0.15, -0.1) is 0 Å². The molecular weight excluding hydrogens is 347 g/mol. The van der Waals surface area contributed by atoms with E-state index in [1.54, 1.807) is 0 Å². The average molecular weight is 373 g/mol. The molecule has 0 aromatic carbocycles. The van der Waals surface area contributed by atoms with Gasteiger partial charge in [0.25, 0.3) is 5.56 Å². The molecule has 1 unspecified atom stereocenters. The second-order valence-corrected chi connectivity index (χ2v) is 7.16. The van der Waals surface area contributed by atoms with E-state index in [1.165, 1.54) is 13.2 Å². The van der Waals surface area contributed by atoms with Gasteiger partial charge in [-0.25, -0.2) is 0 Å². The first kappa shape index (κ1) is 20.5. The van der Waals surface area contributed by atoms with Crippen molar-refractivity contribution in [1.29, 1.82) is 0 Å². The number of halogens is 3. The van der Waals surface area contributed by atoms with Crippen LogP contribution in [-0.4, -0.2) is 42.1 Å². The van der Waals surface area contributed by atoms with Gasteiger partial charge in [0.2, 0.25) is 5.91 Å². The lowest BCUT2D eigenvalue weighted by molar-refractivity contribution is -0.138. The molecule has 2 rings (SSSR count). The van der Waals surface area contributed by atoms with Crippen LogP contribution in [0, 0.1) is 5.92 Å². The SMILES string of the molecule is CNC(=O)C(CC(C)C)n1cc(CCN2CCC2)c(C(F)(F)F)cc1=O. The number of rotatable bonds is 7. The molecule has 1 atom stereocenters. The summed E-state index contributed by atoms with van der Waals surface area (Å²) in [6, 6.07) is -0.195. The number of aromatic nitrogens is 1. The van der Waals surface area contributed by atoms with Gasteiger partial charge in [-0.05, 0) is 43.8 Å². The van der Waals surface area contributed by atoms with Gasteiger partial charge >= 0.3 is 6.18 Å². The van der Waals surface area contributed by atoms with Gasteiger partial charge in [0.1, 0.15) is 6.04 Å². The Morgan fingerprint density at radius 2 is 1.96 bits per heavy atom. The summed E-state index contributed by atoms with van der Waals surface area (Å²) in [4.78, 5) is 26.6. The first-order valence-electron chi connectivity index (χ1n) is 8.89. The Morgan fingerprint density at radius 3 is 2.42 bits per heavy atom. The van der Waals surface area contributed by atoms with Gasteiger partial charge in [-0.2, -0.15) is 13.2 Å². The second-order valence-electron chi connectivity index (χ2n) is 7.16. The van der Waals surface area contributed by atoms with E-state index in [0.717, 1.165) is 24.1 Å². The van der Waals surface area contributed by atoms with Crippen molar-refractivity contribution in [1.82, 2.24) is 14.8 Å². The lowest BCUT2D eigenvalue weighted by atomic mass is 10.0. The summed E-state index contributed by atoms with van der Waals surface area (Å²) in [5.41, 5.74) is -1.65. The first-order valence-corrected chi connectivity index (χ1v) is 8.89. The molecule has 0 radical (unpaired) electrons. The summed E-state index contributed by atoms with van der Waals surface area (Å²) < 4.78 is 41.3. The number of carbonyl (C=O) groups excluding carboxylic acids is 1. The normalized spacial score (nSPS) is 16.4. The Morgan fingerprint density at radius 1 is 1.31 bits per heavy atom. The van der Waals surface area contributed by atoms with E-state index in [-0.39, 0.29) is 23.8 Å². The molecule has 26 heavy (non-hydrogen) atoms. The molecule has 146 valence electrons. The van der Waals surface area contributed by atoms with Crippen LogP contribution in [0.25, 0.3) is 0 Å². The molecule has 1 aromatic heterocycles. The predicted octanol–water partition coefficient (Wildman–Crippen LogP) is 2.45. The molecule has 0 aliphatic carbocycles. The molecule has 1 aromatic rings. The number of amides is 1. The van der Waals surface area contributed by atoms with Crippen LogP contribution in [0.5, 0.6) is 0 Å². The zero-order valence-corrected chi connectivity index (χ0v) is 15.4. The number of likely N-dealkylation sites (tertiary alicyclic amines) is 1. The quantitative estimate of drug-likeness (QED) is 0.799. The largest absolute Gasteiger partial charge is 0.416 e. The van der Waals surface area contributed by atoms with E-state index >= 15 is 0 Å². The third-order valence-electron chi connectivity index (χ3n) is 4.69. The van der Waals surface area contributed by atoms with Crippen LogP contribution >= 0.6 is 0 Å². The molecule has 1 amide bonds. The van der Waals surface area contributed by atoms with E-state index < -0.39 is 23.3 Å². The van der Waals surface area contributed by atoms with Crippen molar-refractivity contribution in [2.24, 2.45) is 5.92 Å². The zero-order valence-electron chi connectivity index (χ0n) is 15.4. The van der Waals surface area contributed by atoms with Gasteiger partial charge in [0.15, 0.2) is 0 Å². The standard InChI is InChI=1S/C18H26F3N3O2/c1-12(2)9-15(17(26)22-3)24-11-13(5-8-23-6-4-7-23)14(10-16(24)25)18(19,20)21/h10-12,15H,4-9H2,1-3H3,(H,22,26). The average Bonchev–Trinajstić information content (AvgIpc) is 2.50. The van der Waals surface area contributed by atoms with E-state index in [1.807, 2.05) is 13.8 Å². The second kappa shape index (κ2) is 8.24. The maximum atomic E-state index is 13.4. The van der Waals surface area contributed by atoms with Crippen molar-refractivity contribution in [3.8, 4) is 0 Å². The summed E-state index contributed by atoms with van der Waals surface area (Å²) in [6.45, 7) is 6.08. The molecule has 1 aliphatic rings. The van der Waals surface area contributed by atoms with Crippen LogP contribution in [0.15, 0.2) is 17.1 Å². The van der Waals surface area contributed by atoms with Gasteiger partial charge in [0, 0.05) is 25.9 Å². The predicted molar refractivity (Wildman–Crippen MR) is 93.0 cm³/mol. The third kappa shape index (κ3) is 4.87. The van der Waals surface area contributed by atoms with Crippen LogP contribution in [-0.2, 0) is 17.4 Å². The monoisotopic (exact) mass is 373 g/mol. The highest BCUT2D eigenvalue weighted by Crippen LogP contribution is 2.32. The summed E-state index contributed by atoms with van der Waals surface area (Å²) in [7, 11) is 1.45. The number of hydrogen-bond donors (Lipinski definition) is 1. The molecule has 1 saturated heterocycles. The smallest absolute Gasteiger partial charge is 0.357 e. The minimum Gasteiger partial charge on any atom is -0.357 e. The van der Waals surface area contributed by atoms with E-state index in [9.17, 15) is 22.8 Å². The molecule has 0 bridgehead atoms. The lowest BCUT2D eigenvalue weighted by Crippen LogP contribution is -2.39. The lowest BCUT2D eigenvalue weighted by Gasteiger charge is -2.31. The fraction of sp³-hybridized carbons (Fsp3) is 0.667. The van der Waals surface area contributed by atoms with Crippen molar-refractivity contribution < 1.29 is 18.0 Å². The molecule has 8 heteroatoms. The molecule has 2 heterocycles. The van der Waals surface area contributed by atoms with Crippen LogP contribution in [0.2, 0.25) is 0 Å². The minimum atomic E-state index is -4.59. The van der Waals surface area contributed by atoms with Gasteiger partial charge in [-0.3, -0.25) is 9.59 Å². The molecule has 0 spiro atoms. The fourth-order valence-electron chi connectivity index (χ4n) is 3.14. The maximum Gasteiger partial charge on any atom is 0.416 e. The molecule has 0 saturated carbocycles. The summed E-state index contributed by atoms with van der Waals surface area (Å²) >= 11 is 0. The molecule has 1 aliphatic heterocycles. The van der Waals surface area contributed by atoms with Gasteiger partial charge < -0.3 is 14.8 Å². The van der Waals surface area contributed by atoms with Crippen LogP contribution in [0.1, 0.15) is 43.9 Å². The highest BCUT2D eigenvalue weighted by Gasteiger charge is 2.35. The highest BCUT2D eigenvalue weighted by atomic mass is 19.4. The number of hydrogen-bond acceptors (Lipinski definition) is 3. The van der Waals surface area contributed by atoms with E-state index in [2.05, 4.69) is 10.2 Å². The number of likely N-dealkylation sites (N-methyl/N-ethyl adjacent to an activating group) is 1. The van der Waals surface area contributed by atoms with Crippen LogP contribution < -0.4 is 10.9 Å². The van der Waals surface area contributed by atoms with Crippen molar-refractivity contribution in [2.75, 3.05) is 26.7 Å². The highest BCUT2D eigenvalue weighted by molar-refractivity contribution is 5.80. The molecular formula is C18H26F3N3O2. The maximum absolute atomic E-state index is 13.4. The third-order valence-corrected chi connectivity index (χ3v) is 4.69. The first-order chi connectivity index (χ1) is 12.1. The molecule has 1 N–H and O–H groups in total. The van der Waals surface area contributed by atoms with Gasteiger partial charge in [-0.1, -0.05) is 13.8 Å². The van der Waals surface area contributed by atoms with Crippen molar-refractivity contribution >= 4 is 5.91 Å². The molecule has 1 fully saturated rings. The van der Waals surface area contributed by atoms with Crippen LogP contribution in [0.3, 0.4) is 0 Å². The van der Waals surface area contributed by atoms with Crippen molar-refractivity contribution in [3.05, 3.63) is 33.7 Å².